The van der Waals surface area contributed by atoms with Gasteiger partial charge in [-0.05, 0) is 47.6 Å². The first-order valence-corrected chi connectivity index (χ1v) is 10.8. The molecule has 2 aliphatic rings. The Morgan fingerprint density at radius 3 is 2.93 bits per heavy atom. The molecule has 1 saturated heterocycles. The lowest BCUT2D eigenvalue weighted by Gasteiger charge is -2.11. The lowest BCUT2D eigenvalue weighted by molar-refractivity contribution is 0.0941. The molecule has 1 aromatic heterocycles. The molecule has 5 rings (SSSR count). The highest BCUT2D eigenvalue weighted by Gasteiger charge is 2.22. The molecule has 1 aliphatic carbocycles. The fourth-order valence-electron chi connectivity index (χ4n) is 4.08. The first-order chi connectivity index (χ1) is 14.2. The van der Waals surface area contributed by atoms with Gasteiger partial charge in [0.05, 0.1) is 18.4 Å². The summed E-state index contributed by atoms with van der Waals surface area (Å²) < 4.78 is 7.20. The van der Waals surface area contributed by atoms with Crippen LogP contribution in [0.2, 0.25) is 0 Å². The zero-order chi connectivity index (χ0) is 19.8. The summed E-state index contributed by atoms with van der Waals surface area (Å²) in [7, 11) is 0. The number of aromatic nitrogens is 3. The lowest BCUT2D eigenvalue weighted by Crippen LogP contribution is -2.25. The Kier molecular flexibility index (Phi) is 4.85. The molecular weight excluding hydrogens is 386 g/mol. The topological polar surface area (TPSA) is 77.0 Å². The van der Waals surface area contributed by atoms with E-state index in [-0.39, 0.29) is 23.3 Å². The number of nitrogens with zero attached hydrogens (tertiary/aromatic N) is 2. The molecule has 0 spiro atoms. The van der Waals surface area contributed by atoms with Crippen LogP contribution in [0, 0.1) is 0 Å². The van der Waals surface area contributed by atoms with E-state index in [2.05, 4.69) is 28.4 Å². The van der Waals surface area contributed by atoms with Crippen molar-refractivity contribution in [3.63, 3.8) is 0 Å². The van der Waals surface area contributed by atoms with Crippen LogP contribution in [0.3, 0.4) is 0 Å². The Bertz CT molecular complexity index is 1130. The molecule has 1 atom stereocenters. The molecule has 0 amide bonds. The molecule has 148 valence electrons. The maximum atomic E-state index is 12.8. The van der Waals surface area contributed by atoms with Gasteiger partial charge in [0.25, 0.3) is 0 Å². The van der Waals surface area contributed by atoms with Crippen molar-refractivity contribution in [1.82, 2.24) is 14.8 Å². The molecule has 1 fully saturated rings. The van der Waals surface area contributed by atoms with E-state index in [0.29, 0.717) is 17.3 Å². The SMILES string of the molecule is O=C(CSc1n[nH]c(=O)n1CC1CCCO1)c1ccc2c(c1)-c1ccccc1C2. The molecule has 2 aromatic carbocycles. The molecular formula is C22H21N3O3S. The zero-order valence-electron chi connectivity index (χ0n) is 15.9. The average Bonchev–Trinajstić information content (AvgIpc) is 3.46. The number of ether oxygens (including phenoxy) is 1. The number of rotatable bonds is 6. The van der Waals surface area contributed by atoms with E-state index in [1.807, 2.05) is 24.3 Å². The molecule has 0 saturated carbocycles. The highest BCUT2D eigenvalue weighted by Crippen LogP contribution is 2.37. The van der Waals surface area contributed by atoms with Crippen molar-refractivity contribution in [2.24, 2.45) is 0 Å². The van der Waals surface area contributed by atoms with E-state index in [9.17, 15) is 9.59 Å². The minimum atomic E-state index is -0.260. The molecule has 0 bridgehead atoms. The van der Waals surface area contributed by atoms with E-state index in [1.54, 1.807) is 4.57 Å². The molecule has 0 radical (unpaired) electrons. The minimum absolute atomic E-state index is 0.0290. The van der Waals surface area contributed by atoms with Gasteiger partial charge in [-0.3, -0.25) is 9.36 Å². The van der Waals surface area contributed by atoms with E-state index in [4.69, 9.17) is 4.74 Å². The number of ketones is 1. The predicted molar refractivity (Wildman–Crippen MR) is 112 cm³/mol. The number of H-pyrrole nitrogens is 1. The van der Waals surface area contributed by atoms with Crippen molar-refractivity contribution in [3.8, 4) is 11.1 Å². The first-order valence-electron chi connectivity index (χ1n) is 9.83. The fraction of sp³-hybridized carbons (Fsp3) is 0.318. The number of hydrogen-bond acceptors (Lipinski definition) is 5. The van der Waals surface area contributed by atoms with Crippen LogP contribution in [0.25, 0.3) is 11.1 Å². The zero-order valence-corrected chi connectivity index (χ0v) is 16.7. The molecule has 1 aliphatic heterocycles. The molecule has 6 nitrogen and oxygen atoms in total. The monoisotopic (exact) mass is 407 g/mol. The third kappa shape index (κ3) is 3.56. The second-order valence-electron chi connectivity index (χ2n) is 7.47. The summed E-state index contributed by atoms with van der Waals surface area (Å²) in [6.07, 6.45) is 2.91. The van der Waals surface area contributed by atoms with Gasteiger partial charge in [-0.25, -0.2) is 9.89 Å². The average molecular weight is 407 g/mol. The number of aromatic amines is 1. The molecule has 1 N–H and O–H groups in total. The van der Waals surface area contributed by atoms with Crippen LogP contribution >= 0.6 is 11.8 Å². The smallest absolute Gasteiger partial charge is 0.344 e. The van der Waals surface area contributed by atoms with Crippen LogP contribution in [-0.4, -0.2) is 39.0 Å². The number of carbonyl (C=O) groups excluding carboxylic acids is 1. The standard InChI is InChI=1S/C22H21N3O3S/c26-20(13-29-22-24-23-21(27)25(22)12-17-5-3-9-28-17)16-8-7-15-10-14-4-1-2-6-18(14)19(15)11-16/h1-2,4,6-8,11,17H,3,5,9-10,12-13H2,(H,23,27). The Morgan fingerprint density at radius 2 is 2.07 bits per heavy atom. The van der Waals surface area contributed by atoms with Gasteiger partial charge in [-0.2, -0.15) is 0 Å². The van der Waals surface area contributed by atoms with Crippen molar-refractivity contribution in [2.45, 2.75) is 37.1 Å². The van der Waals surface area contributed by atoms with Crippen molar-refractivity contribution in [2.75, 3.05) is 12.4 Å². The highest BCUT2D eigenvalue weighted by molar-refractivity contribution is 7.99. The number of carbonyl (C=O) groups is 1. The quantitative estimate of drug-likeness (QED) is 0.392. The van der Waals surface area contributed by atoms with Gasteiger partial charge in [-0.1, -0.05) is 48.2 Å². The van der Waals surface area contributed by atoms with E-state index < -0.39 is 0 Å². The van der Waals surface area contributed by atoms with Crippen molar-refractivity contribution in [3.05, 3.63) is 69.6 Å². The number of nitrogens with one attached hydrogen (secondary N) is 1. The Labute approximate surface area is 172 Å². The van der Waals surface area contributed by atoms with Gasteiger partial charge in [0, 0.05) is 12.2 Å². The summed E-state index contributed by atoms with van der Waals surface area (Å²) in [6, 6.07) is 14.3. The van der Waals surface area contributed by atoms with Crippen LogP contribution < -0.4 is 5.69 Å². The number of fused-ring (bicyclic) bond motifs is 3. The van der Waals surface area contributed by atoms with Gasteiger partial charge in [0.15, 0.2) is 10.9 Å². The van der Waals surface area contributed by atoms with E-state index in [1.165, 1.54) is 28.5 Å². The number of Topliss-reactive ketones (excluding diaryl/α,β-unsaturated/α-hetero) is 1. The summed E-state index contributed by atoms with van der Waals surface area (Å²) in [4.78, 5) is 24.9. The second-order valence-corrected chi connectivity index (χ2v) is 8.42. The van der Waals surface area contributed by atoms with Crippen LogP contribution in [-0.2, 0) is 17.7 Å². The van der Waals surface area contributed by atoms with Crippen LogP contribution in [0.4, 0.5) is 0 Å². The van der Waals surface area contributed by atoms with Gasteiger partial charge >= 0.3 is 5.69 Å². The molecule has 3 aromatic rings. The van der Waals surface area contributed by atoms with Gasteiger partial charge in [0.2, 0.25) is 0 Å². The van der Waals surface area contributed by atoms with E-state index in [0.717, 1.165) is 31.4 Å². The lowest BCUT2D eigenvalue weighted by atomic mass is 10.0. The van der Waals surface area contributed by atoms with Crippen molar-refractivity contribution >= 4 is 17.5 Å². The number of benzene rings is 2. The summed E-state index contributed by atoms with van der Waals surface area (Å²) in [5, 5.41) is 7.11. The Hall–Kier alpha value is -2.64. The van der Waals surface area contributed by atoms with Crippen molar-refractivity contribution in [1.29, 1.82) is 0 Å². The first kappa shape index (κ1) is 18.4. The fourth-order valence-corrected chi connectivity index (χ4v) is 4.93. The largest absolute Gasteiger partial charge is 0.376 e. The second kappa shape index (κ2) is 7.65. The Balaban J connectivity index is 1.31. The van der Waals surface area contributed by atoms with Gasteiger partial charge < -0.3 is 4.74 Å². The van der Waals surface area contributed by atoms with Crippen LogP contribution in [0.1, 0.15) is 34.3 Å². The molecule has 7 heteroatoms. The summed E-state index contributed by atoms with van der Waals surface area (Å²) in [6.45, 7) is 1.21. The third-order valence-electron chi connectivity index (χ3n) is 5.59. The summed E-state index contributed by atoms with van der Waals surface area (Å²) in [5.41, 5.74) is 5.35. The maximum absolute atomic E-state index is 12.8. The molecule has 29 heavy (non-hydrogen) atoms. The maximum Gasteiger partial charge on any atom is 0.344 e. The number of hydrogen-bond donors (Lipinski definition) is 1. The number of thioether (sulfide) groups is 1. The Morgan fingerprint density at radius 1 is 1.21 bits per heavy atom. The van der Waals surface area contributed by atoms with E-state index >= 15 is 0 Å². The van der Waals surface area contributed by atoms with Gasteiger partial charge in [-0.15, -0.1) is 5.10 Å². The minimum Gasteiger partial charge on any atom is -0.376 e. The molecule has 2 heterocycles. The normalized spacial score (nSPS) is 17.3. The van der Waals surface area contributed by atoms with Gasteiger partial charge in [0.1, 0.15) is 0 Å². The predicted octanol–water partition coefficient (Wildman–Crippen LogP) is 3.30. The summed E-state index contributed by atoms with van der Waals surface area (Å²) in [5.74, 6) is 0.261. The molecule has 1 unspecified atom stereocenters. The summed E-state index contributed by atoms with van der Waals surface area (Å²) >= 11 is 1.29. The highest BCUT2D eigenvalue weighted by atomic mass is 32.2. The third-order valence-corrected chi connectivity index (χ3v) is 6.56. The van der Waals surface area contributed by atoms with Crippen molar-refractivity contribution < 1.29 is 9.53 Å². The van der Waals surface area contributed by atoms with Crippen LogP contribution in [0.5, 0.6) is 0 Å². The van der Waals surface area contributed by atoms with Crippen LogP contribution in [0.15, 0.2) is 52.4 Å².